The van der Waals surface area contributed by atoms with Gasteiger partial charge in [0, 0.05) is 24.3 Å². The molecule has 134 valence electrons. The molecule has 0 fully saturated rings. The Morgan fingerprint density at radius 2 is 1.93 bits per heavy atom. The van der Waals surface area contributed by atoms with E-state index in [-0.39, 0.29) is 5.91 Å². The molecule has 0 unspecified atom stereocenters. The van der Waals surface area contributed by atoms with Crippen molar-refractivity contribution in [3.05, 3.63) is 65.6 Å². The second-order valence-corrected chi connectivity index (χ2v) is 6.58. The molecule has 2 aliphatic heterocycles. The summed E-state index contributed by atoms with van der Waals surface area (Å²) in [7, 11) is 0. The standard InChI is InChI=1S/C21H17N3O3/c1-13-21(16-4-2-3-7-22-16)17-10-15(12-20(25)24(17)23-13)14-5-6-18-19(11-14)27-9-8-26-18/h2-7,11-12H,8-10H2,1H3. The van der Waals surface area contributed by atoms with Crippen LogP contribution in [0.25, 0.3) is 16.8 Å². The molecule has 6 nitrogen and oxygen atoms in total. The van der Waals surface area contributed by atoms with E-state index in [1.165, 1.54) is 4.68 Å². The van der Waals surface area contributed by atoms with Crippen LogP contribution < -0.4 is 9.47 Å². The number of rotatable bonds is 2. The summed E-state index contributed by atoms with van der Waals surface area (Å²) in [6.45, 7) is 3.00. The van der Waals surface area contributed by atoms with Crippen LogP contribution in [0.1, 0.15) is 21.7 Å². The highest BCUT2D eigenvalue weighted by Gasteiger charge is 2.26. The largest absolute Gasteiger partial charge is 0.486 e. The molecule has 0 saturated heterocycles. The van der Waals surface area contributed by atoms with Gasteiger partial charge in [0.15, 0.2) is 11.5 Å². The summed E-state index contributed by atoms with van der Waals surface area (Å²) in [4.78, 5) is 17.2. The lowest BCUT2D eigenvalue weighted by molar-refractivity contribution is 0.0948. The Bertz CT molecular complexity index is 1080. The van der Waals surface area contributed by atoms with E-state index in [4.69, 9.17) is 9.47 Å². The lowest BCUT2D eigenvalue weighted by atomic mass is 9.94. The fourth-order valence-corrected chi connectivity index (χ4v) is 3.63. The van der Waals surface area contributed by atoms with E-state index in [0.717, 1.165) is 39.5 Å². The zero-order chi connectivity index (χ0) is 18.4. The van der Waals surface area contributed by atoms with Gasteiger partial charge in [-0.1, -0.05) is 12.1 Å². The number of aryl methyl sites for hydroxylation is 1. The first-order valence-corrected chi connectivity index (χ1v) is 8.85. The predicted octanol–water partition coefficient (Wildman–Crippen LogP) is 3.30. The zero-order valence-electron chi connectivity index (χ0n) is 14.8. The summed E-state index contributed by atoms with van der Waals surface area (Å²) in [5, 5.41) is 4.44. The van der Waals surface area contributed by atoms with Gasteiger partial charge >= 0.3 is 0 Å². The third-order valence-corrected chi connectivity index (χ3v) is 4.85. The number of hydrogen-bond donors (Lipinski definition) is 0. The molecule has 0 saturated carbocycles. The molecule has 0 N–H and O–H groups in total. The van der Waals surface area contributed by atoms with Gasteiger partial charge in [0.1, 0.15) is 13.2 Å². The van der Waals surface area contributed by atoms with Gasteiger partial charge in [-0.2, -0.15) is 9.78 Å². The van der Waals surface area contributed by atoms with E-state index >= 15 is 0 Å². The molecular weight excluding hydrogens is 342 g/mol. The van der Waals surface area contributed by atoms with Gasteiger partial charge < -0.3 is 9.47 Å². The van der Waals surface area contributed by atoms with Crippen molar-refractivity contribution >= 4 is 11.5 Å². The Labute approximate surface area is 156 Å². The maximum absolute atomic E-state index is 12.7. The fourth-order valence-electron chi connectivity index (χ4n) is 3.63. The first kappa shape index (κ1) is 15.8. The van der Waals surface area contributed by atoms with Gasteiger partial charge in [0.2, 0.25) is 0 Å². The summed E-state index contributed by atoms with van der Waals surface area (Å²) < 4.78 is 12.8. The van der Waals surface area contributed by atoms with Gasteiger partial charge in [0.05, 0.1) is 17.1 Å². The summed E-state index contributed by atoms with van der Waals surface area (Å²) in [6, 6.07) is 11.6. The summed E-state index contributed by atoms with van der Waals surface area (Å²) in [5.74, 6) is 1.31. The number of nitrogens with zero attached hydrogens (tertiary/aromatic N) is 3. The van der Waals surface area contributed by atoms with Crippen LogP contribution in [-0.2, 0) is 6.42 Å². The quantitative estimate of drug-likeness (QED) is 0.702. The average molecular weight is 359 g/mol. The number of fused-ring (bicyclic) bond motifs is 2. The summed E-state index contributed by atoms with van der Waals surface area (Å²) >= 11 is 0. The maximum Gasteiger partial charge on any atom is 0.271 e. The average Bonchev–Trinajstić information content (AvgIpc) is 3.05. The molecule has 2 aliphatic rings. The number of ether oxygens (including phenoxy) is 2. The molecule has 0 radical (unpaired) electrons. The van der Waals surface area contributed by atoms with Crippen LogP contribution in [0.5, 0.6) is 11.5 Å². The molecule has 27 heavy (non-hydrogen) atoms. The molecule has 0 aliphatic carbocycles. The minimum absolute atomic E-state index is 0.147. The van der Waals surface area contributed by atoms with Crippen molar-refractivity contribution in [1.82, 2.24) is 14.8 Å². The van der Waals surface area contributed by atoms with Gasteiger partial charge in [-0.15, -0.1) is 0 Å². The molecule has 3 aromatic rings. The van der Waals surface area contributed by atoms with Crippen LogP contribution in [0.15, 0.2) is 48.7 Å². The normalized spacial score (nSPS) is 15.3. The Balaban J connectivity index is 1.58. The van der Waals surface area contributed by atoms with Crippen molar-refractivity contribution in [3.8, 4) is 22.8 Å². The monoisotopic (exact) mass is 359 g/mol. The van der Waals surface area contributed by atoms with Gasteiger partial charge in [-0.05, 0) is 42.3 Å². The van der Waals surface area contributed by atoms with Crippen molar-refractivity contribution in [2.45, 2.75) is 13.3 Å². The van der Waals surface area contributed by atoms with Crippen LogP contribution in [0.2, 0.25) is 0 Å². The molecular formula is C21H17N3O3. The summed E-state index contributed by atoms with van der Waals surface area (Å²) in [6.07, 6.45) is 3.99. The Morgan fingerprint density at radius 3 is 2.74 bits per heavy atom. The molecule has 5 rings (SSSR count). The SMILES string of the molecule is Cc1nn2c(c1-c1ccccn1)CC(c1ccc3c(c1)OCCO3)=CC2=O. The highest BCUT2D eigenvalue weighted by atomic mass is 16.6. The van der Waals surface area contributed by atoms with E-state index in [0.29, 0.717) is 25.4 Å². The van der Waals surface area contributed by atoms with Crippen molar-refractivity contribution < 1.29 is 14.3 Å². The number of carbonyl (C=O) groups excluding carboxylic acids is 1. The van der Waals surface area contributed by atoms with E-state index in [9.17, 15) is 4.79 Å². The molecule has 0 amide bonds. The van der Waals surface area contributed by atoms with Gasteiger partial charge in [0.25, 0.3) is 5.91 Å². The predicted molar refractivity (Wildman–Crippen MR) is 99.9 cm³/mol. The fraction of sp³-hybridized carbons (Fsp3) is 0.190. The number of benzene rings is 1. The van der Waals surface area contributed by atoms with Crippen LogP contribution in [-0.4, -0.2) is 33.9 Å². The second kappa shape index (κ2) is 6.09. The molecule has 2 aromatic heterocycles. The van der Waals surface area contributed by atoms with Crippen LogP contribution in [0.4, 0.5) is 0 Å². The van der Waals surface area contributed by atoms with Gasteiger partial charge in [-0.3, -0.25) is 9.78 Å². The first-order valence-electron chi connectivity index (χ1n) is 8.85. The number of allylic oxidation sites excluding steroid dienone is 2. The lowest BCUT2D eigenvalue weighted by Crippen LogP contribution is -2.19. The lowest BCUT2D eigenvalue weighted by Gasteiger charge is -2.21. The number of pyridine rings is 1. The molecule has 0 bridgehead atoms. The molecule has 0 atom stereocenters. The van der Waals surface area contributed by atoms with E-state index in [2.05, 4.69) is 10.1 Å². The van der Waals surface area contributed by atoms with Crippen molar-refractivity contribution in [2.75, 3.05) is 13.2 Å². The van der Waals surface area contributed by atoms with Gasteiger partial charge in [-0.25, -0.2) is 0 Å². The number of hydrogen-bond acceptors (Lipinski definition) is 5. The topological polar surface area (TPSA) is 66.2 Å². The minimum Gasteiger partial charge on any atom is -0.486 e. The highest BCUT2D eigenvalue weighted by molar-refractivity contribution is 6.00. The molecule has 6 heteroatoms. The zero-order valence-corrected chi connectivity index (χ0v) is 14.8. The van der Waals surface area contributed by atoms with Crippen LogP contribution >= 0.6 is 0 Å². The Kier molecular flexibility index (Phi) is 3.57. The smallest absolute Gasteiger partial charge is 0.271 e. The van der Waals surface area contributed by atoms with Crippen LogP contribution in [0, 0.1) is 6.92 Å². The molecule has 1 aromatic carbocycles. The van der Waals surface area contributed by atoms with E-state index < -0.39 is 0 Å². The highest BCUT2D eigenvalue weighted by Crippen LogP contribution is 2.37. The minimum atomic E-state index is -0.147. The number of aromatic nitrogens is 3. The Morgan fingerprint density at radius 1 is 1.07 bits per heavy atom. The number of carbonyl (C=O) groups is 1. The van der Waals surface area contributed by atoms with Crippen molar-refractivity contribution in [3.63, 3.8) is 0 Å². The molecule has 4 heterocycles. The van der Waals surface area contributed by atoms with Crippen LogP contribution in [0.3, 0.4) is 0 Å². The Hall–Kier alpha value is -3.41. The first-order chi connectivity index (χ1) is 13.2. The summed E-state index contributed by atoms with van der Waals surface area (Å²) in [5.41, 5.74) is 5.29. The third kappa shape index (κ3) is 2.61. The third-order valence-electron chi connectivity index (χ3n) is 4.85. The van der Waals surface area contributed by atoms with Crippen molar-refractivity contribution in [1.29, 1.82) is 0 Å². The van der Waals surface area contributed by atoms with E-state index in [1.54, 1.807) is 12.3 Å². The maximum atomic E-state index is 12.7. The van der Waals surface area contributed by atoms with E-state index in [1.807, 2.05) is 43.3 Å². The van der Waals surface area contributed by atoms with Crippen molar-refractivity contribution in [2.24, 2.45) is 0 Å². The second-order valence-electron chi connectivity index (χ2n) is 6.58. The molecule has 0 spiro atoms.